The second-order valence-electron chi connectivity index (χ2n) is 12.8. The van der Waals surface area contributed by atoms with E-state index in [0.717, 1.165) is 73.7 Å². The van der Waals surface area contributed by atoms with Crippen molar-refractivity contribution in [2.45, 2.75) is 31.6 Å². The van der Waals surface area contributed by atoms with Gasteiger partial charge in [-0.1, -0.05) is 122 Å². The minimum absolute atomic E-state index is 0.237. The van der Waals surface area contributed by atoms with Gasteiger partial charge < -0.3 is 16.4 Å². The van der Waals surface area contributed by atoms with Gasteiger partial charge in [0, 0.05) is 33.8 Å². The number of nitrogens with zero attached hydrogens (tertiary/aromatic N) is 2. The molecule has 6 aromatic rings. The highest BCUT2D eigenvalue weighted by Crippen LogP contribution is 2.41. The lowest BCUT2D eigenvalue weighted by Crippen LogP contribution is -2.38. The van der Waals surface area contributed by atoms with Gasteiger partial charge in [0.15, 0.2) is 0 Å². The van der Waals surface area contributed by atoms with Crippen molar-refractivity contribution in [2.75, 3.05) is 16.4 Å². The molecule has 0 radical (unpaired) electrons. The van der Waals surface area contributed by atoms with Gasteiger partial charge in [-0.05, 0) is 76.7 Å². The molecule has 0 saturated carbocycles. The number of nitrogens with one attached hydrogen (secondary N) is 1. The van der Waals surface area contributed by atoms with Crippen LogP contribution in [0.1, 0.15) is 13.3 Å². The number of fused-ring (bicyclic) bond motifs is 1. The summed E-state index contributed by atoms with van der Waals surface area (Å²) in [6.45, 7) is 2.22. The van der Waals surface area contributed by atoms with Crippen LogP contribution in [0.4, 0.5) is 17.1 Å². The first-order chi connectivity index (χ1) is 24.1. The molecule has 1 fully saturated rings. The molecule has 0 amide bonds. The molecular formula is C44H39N5. The highest BCUT2D eigenvalue weighted by molar-refractivity contribution is 5.92. The van der Waals surface area contributed by atoms with Crippen molar-refractivity contribution < 1.29 is 0 Å². The molecule has 2 heterocycles. The van der Waals surface area contributed by atoms with Crippen molar-refractivity contribution in [3.05, 3.63) is 158 Å². The van der Waals surface area contributed by atoms with Crippen molar-refractivity contribution in [3.8, 4) is 55.9 Å². The van der Waals surface area contributed by atoms with E-state index in [4.69, 9.17) is 16.5 Å². The molecule has 1 aromatic heterocycles. The van der Waals surface area contributed by atoms with E-state index in [2.05, 4.69) is 157 Å². The number of pyridine rings is 1. The SMILES string of the molecule is CCC1NC2C=CC=CC2N1c1ccc(-c2ccc(N)cc2-c2cccc(-c3cc(-c4ccccc4)nc(-c4ccccc4)c3)c2)c(N)c1. The van der Waals surface area contributed by atoms with E-state index in [9.17, 15) is 0 Å². The molecule has 1 saturated heterocycles. The molecule has 3 unspecified atom stereocenters. The fourth-order valence-corrected chi connectivity index (χ4v) is 7.26. The first-order valence-electron chi connectivity index (χ1n) is 17.0. The van der Waals surface area contributed by atoms with Gasteiger partial charge in [0.25, 0.3) is 0 Å². The Morgan fingerprint density at radius 3 is 1.94 bits per heavy atom. The largest absolute Gasteiger partial charge is 0.399 e. The average molecular weight is 638 g/mol. The third kappa shape index (κ3) is 5.90. The minimum atomic E-state index is 0.237. The Morgan fingerprint density at radius 1 is 0.592 bits per heavy atom. The lowest BCUT2D eigenvalue weighted by Gasteiger charge is -2.31. The van der Waals surface area contributed by atoms with Crippen LogP contribution in [0, 0.1) is 0 Å². The zero-order chi connectivity index (χ0) is 33.3. The second kappa shape index (κ2) is 12.9. The molecule has 0 bridgehead atoms. The number of hydrogen-bond donors (Lipinski definition) is 3. The minimum Gasteiger partial charge on any atom is -0.399 e. The van der Waals surface area contributed by atoms with Gasteiger partial charge in [-0.15, -0.1) is 0 Å². The molecule has 5 heteroatoms. The summed E-state index contributed by atoms with van der Waals surface area (Å²) in [4.78, 5) is 7.54. The monoisotopic (exact) mass is 637 g/mol. The Kier molecular flexibility index (Phi) is 8.04. The predicted octanol–water partition coefficient (Wildman–Crippen LogP) is 9.59. The van der Waals surface area contributed by atoms with Crippen LogP contribution in [0.2, 0.25) is 0 Å². The van der Waals surface area contributed by atoms with E-state index in [1.165, 1.54) is 0 Å². The van der Waals surface area contributed by atoms with Crippen molar-refractivity contribution in [3.63, 3.8) is 0 Å². The maximum Gasteiger partial charge on any atom is 0.0805 e. The first kappa shape index (κ1) is 30.4. The van der Waals surface area contributed by atoms with E-state index < -0.39 is 0 Å². The van der Waals surface area contributed by atoms with Gasteiger partial charge in [0.1, 0.15) is 0 Å². The van der Waals surface area contributed by atoms with Crippen molar-refractivity contribution in [1.29, 1.82) is 0 Å². The van der Waals surface area contributed by atoms with Crippen molar-refractivity contribution in [1.82, 2.24) is 10.3 Å². The van der Waals surface area contributed by atoms with Crippen molar-refractivity contribution >= 4 is 17.1 Å². The number of anilines is 3. The summed E-state index contributed by atoms with van der Waals surface area (Å²) in [5.74, 6) is 0. The smallest absolute Gasteiger partial charge is 0.0805 e. The van der Waals surface area contributed by atoms with Crippen LogP contribution >= 0.6 is 0 Å². The van der Waals surface area contributed by atoms with Gasteiger partial charge in [-0.25, -0.2) is 4.98 Å². The second-order valence-corrected chi connectivity index (χ2v) is 12.8. The standard InChI is InChI=1S/C44H39N5/c1-2-44-48-40-18-9-10-19-43(40)49(44)35-21-23-37(39(46)28-35)36-22-20-34(45)27-38(36)32-17-11-16-31(24-32)33-25-41(29-12-5-3-6-13-29)47-42(26-33)30-14-7-4-8-15-30/h3-28,40,43-44,48H,2,45-46H2,1H3. The van der Waals surface area contributed by atoms with Gasteiger partial charge in [-0.2, -0.15) is 0 Å². The van der Waals surface area contributed by atoms with Crippen LogP contribution in [0.5, 0.6) is 0 Å². The van der Waals surface area contributed by atoms with Crippen LogP contribution in [0.15, 0.2) is 158 Å². The average Bonchev–Trinajstić information content (AvgIpc) is 3.54. The maximum absolute atomic E-state index is 6.91. The Balaban J connectivity index is 1.19. The molecule has 8 rings (SSSR count). The molecular weight excluding hydrogens is 599 g/mol. The summed E-state index contributed by atoms with van der Waals surface area (Å²) in [7, 11) is 0. The molecule has 49 heavy (non-hydrogen) atoms. The number of allylic oxidation sites excluding steroid dienone is 2. The van der Waals surface area contributed by atoms with Gasteiger partial charge >= 0.3 is 0 Å². The Bertz CT molecular complexity index is 2130. The number of aromatic nitrogens is 1. The summed E-state index contributed by atoms with van der Waals surface area (Å²) in [6.07, 6.45) is 10.0. The number of nitrogens with two attached hydrogens (primary N) is 2. The van der Waals surface area contributed by atoms with Gasteiger partial charge in [0.2, 0.25) is 0 Å². The fraction of sp³-hybridized carbons (Fsp3) is 0.114. The summed E-state index contributed by atoms with van der Waals surface area (Å²) < 4.78 is 0. The number of benzene rings is 5. The van der Waals surface area contributed by atoms with Crippen LogP contribution < -0.4 is 21.7 Å². The highest BCUT2D eigenvalue weighted by Gasteiger charge is 2.38. The fourth-order valence-electron chi connectivity index (χ4n) is 7.26. The molecule has 240 valence electrons. The number of rotatable bonds is 7. The molecule has 5 N–H and O–H groups in total. The van der Waals surface area contributed by atoms with E-state index in [1.807, 2.05) is 18.2 Å². The normalized spacial score (nSPS) is 18.1. The Labute approximate surface area is 288 Å². The summed E-state index contributed by atoms with van der Waals surface area (Å²) in [5, 5.41) is 3.77. The quantitative estimate of drug-likeness (QED) is 0.152. The topological polar surface area (TPSA) is 80.2 Å². The molecule has 3 atom stereocenters. The molecule has 1 aliphatic heterocycles. The van der Waals surface area contributed by atoms with Crippen LogP contribution in [-0.4, -0.2) is 23.2 Å². The van der Waals surface area contributed by atoms with E-state index in [-0.39, 0.29) is 12.2 Å². The van der Waals surface area contributed by atoms with E-state index in [0.29, 0.717) is 11.7 Å². The Morgan fingerprint density at radius 2 is 1.24 bits per heavy atom. The molecule has 5 aromatic carbocycles. The summed E-state index contributed by atoms with van der Waals surface area (Å²) in [6, 6.07) is 46.9. The zero-order valence-corrected chi connectivity index (χ0v) is 27.5. The molecule has 0 spiro atoms. The van der Waals surface area contributed by atoms with Crippen LogP contribution in [0.25, 0.3) is 55.9 Å². The third-order valence-corrected chi connectivity index (χ3v) is 9.67. The van der Waals surface area contributed by atoms with Gasteiger partial charge in [0.05, 0.1) is 29.6 Å². The van der Waals surface area contributed by atoms with Gasteiger partial charge in [-0.3, -0.25) is 5.32 Å². The van der Waals surface area contributed by atoms with E-state index >= 15 is 0 Å². The van der Waals surface area contributed by atoms with E-state index in [1.54, 1.807) is 0 Å². The first-order valence-corrected chi connectivity index (χ1v) is 17.0. The van der Waals surface area contributed by atoms with Crippen LogP contribution in [0.3, 0.4) is 0 Å². The summed E-state index contributed by atoms with van der Waals surface area (Å²) in [5.41, 5.74) is 26.3. The molecule has 2 aliphatic rings. The summed E-state index contributed by atoms with van der Waals surface area (Å²) >= 11 is 0. The number of hydrogen-bond acceptors (Lipinski definition) is 5. The van der Waals surface area contributed by atoms with Crippen LogP contribution in [-0.2, 0) is 0 Å². The molecule has 5 nitrogen and oxygen atoms in total. The lowest BCUT2D eigenvalue weighted by molar-refractivity contribution is 0.563. The zero-order valence-electron chi connectivity index (χ0n) is 27.5. The highest BCUT2D eigenvalue weighted by atomic mass is 15.4. The van der Waals surface area contributed by atoms with Crippen molar-refractivity contribution in [2.24, 2.45) is 0 Å². The predicted molar refractivity (Wildman–Crippen MR) is 206 cm³/mol. The maximum atomic E-state index is 6.91. The third-order valence-electron chi connectivity index (χ3n) is 9.67. The Hall–Kier alpha value is -5.91. The number of nitrogen functional groups attached to an aromatic ring is 2. The lowest BCUT2D eigenvalue weighted by atomic mass is 9.91. The molecule has 1 aliphatic carbocycles.